The Bertz CT molecular complexity index is 1260. The average molecular weight is 578 g/mol. The van der Waals surface area contributed by atoms with Gasteiger partial charge in [0, 0.05) is 64.8 Å². The van der Waals surface area contributed by atoms with Crippen LogP contribution < -0.4 is 16.0 Å². The van der Waals surface area contributed by atoms with Gasteiger partial charge in [0.2, 0.25) is 0 Å². The van der Waals surface area contributed by atoms with Gasteiger partial charge >= 0.3 is 0 Å². The summed E-state index contributed by atoms with van der Waals surface area (Å²) in [5, 5.41) is 10.7. The highest BCUT2D eigenvalue weighted by Crippen LogP contribution is 2.26. The molecule has 0 saturated carbocycles. The van der Waals surface area contributed by atoms with Gasteiger partial charge < -0.3 is 16.0 Å². The number of nitrogens with one attached hydrogen (secondary N) is 3. The number of aromatic nitrogens is 2. The topological polar surface area (TPSA) is 68.3 Å². The fraction of sp³-hybridized carbons (Fsp3) is 0.389. The van der Waals surface area contributed by atoms with Crippen LogP contribution >= 0.6 is 0 Å². The monoisotopic (exact) mass is 577 g/mol. The molecule has 0 spiro atoms. The summed E-state index contributed by atoms with van der Waals surface area (Å²) in [5.41, 5.74) is 7.41. The third-order valence-electron chi connectivity index (χ3n) is 7.92. The first-order chi connectivity index (χ1) is 21.3. The third-order valence-corrected chi connectivity index (χ3v) is 7.92. The van der Waals surface area contributed by atoms with Gasteiger partial charge in [0.1, 0.15) is 0 Å². The highest BCUT2D eigenvalue weighted by atomic mass is 15.1. The molecule has 3 N–H and O–H groups in total. The summed E-state index contributed by atoms with van der Waals surface area (Å²) in [5.74, 6) is 0. The van der Waals surface area contributed by atoms with Crippen LogP contribution in [0, 0.1) is 0 Å². The molecule has 226 valence electrons. The minimum atomic E-state index is 0.777. The number of benzene rings is 2. The molecule has 5 rings (SSSR count). The smallest absolute Gasteiger partial charge is 0.0544 e. The quantitative estimate of drug-likeness (QED) is 0.266. The largest absolute Gasteiger partial charge is 0.315 e. The van der Waals surface area contributed by atoms with E-state index in [9.17, 15) is 0 Å². The molecule has 7 nitrogen and oxygen atoms in total. The minimum absolute atomic E-state index is 0.777. The van der Waals surface area contributed by atoms with E-state index in [2.05, 4.69) is 109 Å². The highest BCUT2D eigenvalue weighted by Gasteiger charge is 2.13. The zero-order chi connectivity index (χ0) is 29.4. The first kappa shape index (κ1) is 31.0. The molecule has 2 aromatic heterocycles. The van der Waals surface area contributed by atoms with Gasteiger partial charge in [0.15, 0.2) is 0 Å². The molecule has 0 radical (unpaired) electrons. The lowest BCUT2D eigenvalue weighted by atomic mass is 9.98. The maximum Gasteiger partial charge on any atom is 0.0544 e. The summed E-state index contributed by atoms with van der Waals surface area (Å²) in [6, 6.07) is 30.3. The van der Waals surface area contributed by atoms with E-state index in [1.54, 1.807) is 0 Å². The molecule has 0 aliphatic carbocycles. The van der Waals surface area contributed by atoms with E-state index in [-0.39, 0.29) is 0 Å². The van der Waals surface area contributed by atoms with Crippen LogP contribution in [0.4, 0.5) is 0 Å². The molecule has 0 unspecified atom stereocenters. The highest BCUT2D eigenvalue weighted by molar-refractivity contribution is 5.67. The lowest BCUT2D eigenvalue weighted by molar-refractivity contribution is 0.242. The maximum absolute atomic E-state index is 4.57. The predicted molar refractivity (Wildman–Crippen MR) is 176 cm³/mol. The van der Waals surface area contributed by atoms with Gasteiger partial charge in [0.05, 0.1) is 11.4 Å². The van der Waals surface area contributed by atoms with Gasteiger partial charge in [-0.15, -0.1) is 0 Å². The van der Waals surface area contributed by atoms with E-state index < -0.39 is 0 Å². The van der Waals surface area contributed by atoms with E-state index in [0.717, 1.165) is 96.3 Å². The molecular weight excluding hydrogens is 530 g/mol. The summed E-state index contributed by atoms with van der Waals surface area (Å²) in [6.07, 6.45) is 6.06. The summed E-state index contributed by atoms with van der Waals surface area (Å²) in [7, 11) is 0. The molecule has 1 saturated heterocycles. The van der Waals surface area contributed by atoms with Crippen LogP contribution in [0.25, 0.3) is 11.1 Å². The molecule has 1 aliphatic heterocycles. The molecule has 2 aromatic carbocycles. The van der Waals surface area contributed by atoms with Gasteiger partial charge in [-0.2, -0.15) is 0 Å². The van der Waals surface area contributed by atoms with Crippen LogP contribution in [0.1, 0.15) is 35.4 Å². The molecule has 0 atom stereocenters. The average Bonchev–Trinajstić information content (AvgIpc) is 3.04. The maximum atomic E-state index is 4.57. The SMILES string of the molecule is c1ccc(CN(Cc2ccc(-c3ccccc3CN3CCCNCCNCCCNCC3)cc2)Cc2ccccn2)nc1. The number of hydrogen-bond donors (Lipinski definition) is 3. The van der Waals surface area contributed by atoms with Crippen molar-refractivity contribution in [1.29, 1.82) is 0 Å². The Balaban J connectivity index is 1.25. The van der Waals surface area contributed by atoms with Crippen LogP contribution in [0.15, 0.2) is 97.3 Å². The van der Waals surface area contributed by atoms with Crippen molar-refractivity contribution in [2.24, 2.45) is 0 Å². The third kappa shape index (κ3) is 10.6. The summed E-state index contributed by atoms with van der Waals surface area (Å²) < 4.78 is 0. The lowest BCUT2D eigenvalue weighted by Crippen LogP contribution is -2.36. The molecule has 7 heteroatoms. The van der Waals surface area contributed by atoms with Crippen LogP contribution in [0.2, 0.25) is 0 Å². The van der Waals surface area contributed by atoms with E-state index in [1.165, 1.54) is 28.7 Å². The molecule has 4 aromatic rings. The minimum Gasteiger partial charge on any atom is -0.315 e. The van der Waals surface area contributed by atoms with Crippen molar-refractivity contribution in [3.05, 3.63) is 120 Å². The molecule has 3 heterocycles. The zero-order valence-electron chi connectivity index (χ0n) is 25.4. The fourth-order valence-electron chi connectivity index (χ4n) is 5.66. The standard InChI is InChI=1S/C36H47N7/c1-2-12-36(33(9-1)28-42-25-8-19-38-23-22-37-17-7-18-39-24-26-42)32-15-13-31(14-16-32)27-43(29-34-10-3-5-20-40-34)30-35-11-4-6-21-41-35/h1-6,9-16,20-21,37-39H,7-8,17-19,22-30H2. The first-order valence-electron chi connectivity index (χ1n) is 15.9. The lowest BCUT2D eigenvalue weighted by Gasteiger charge is -2.25. The van der Waals surface area contributed by atoms with Crippen molar-refractivity contribution in [1.82, 2.24) is 35.7 Å². The zero-order valence-corrected chi connectivity index (χ0v) is 25.4. The molecule has 0 amide bonds. The number of rotatable bonds is 9. The van der Waals surface area contributed by atoms with E-state index in [4.69, 9.17) is 0 Å². The molecule has 43 heavy (non-hydrogen) atoms. The Morgan fingerprint density at radius 3 is 1.88 bits per heavy atom. The van der Waals surface area contributed by atoms with Gasteiger partial charge in [-0.25, -0.2) is 0 Å². The summed E-state index contributed by atoms with van der Waals surface area (Å²) in [4.78, 5) is 14.2. The molecule has 0 bridgehead atoms. The van der Waals surface area contributed by atoms with Crippen molar-refractivity contribution < 1.29 is 0 Å². The first-order valence-corrected chi connectivity index (χ1v) is 15.9. The fourth-order valence-corrected chi connectivity index (χ4v) is 5.66. The van der Waals surface area contributed by atoms with Crippen molar-refractivity contribution in [2.45, 2.75) is 39.0 Å². The van der Waals surface area contributed by atoms with Crippen molar-refractivity contribution in [3.8, 4) is 11.1 Å². The van der Waals surface area contributed by atoms with Crippen LogP contribution in [-0.4, -0.2) is 72.1 Å². The van der Waals surface area contributed by atoms with E-state index >= 15 is 0 Å². The Labute approximate surface area is 257 Å². The van der Waals surface area contributed by atoms with Crippen LogP contribution in [0.5, 0.6) is 0 Å². The molecule has 1 fully saturated rings. The molecular formula is C36H47N7. The molecule has 1 aliphatic rings. The van der Waals surface area contributed by atoms with Gasteiger partial charge in [-0.1, -0.05) is 60.7 Å². The Morgan fingerprint density at radius 2 is 1.21 bits per heavy atom. The summed E-state index contributed by atoms with van der Waals surface area (Å²) in [6.45, 7) is 11.8. The van der Waals surface area contributed by atoms with E-state index in [1.807, 2.05) is 24.5 Å². The van der Waals surface area contributed by atoms with Crippen molar-refractivity contribution in [2.75, 3.05) is 52.4 Å². The predicted octanol–water partition coefficient (Wildman–Crippen LogP) is 4.71. The number of pyridine rings is 2. The van der Waals surface area contributed by atoms with Crippen molar-refractivity contribution in [3.63, 3.8) is 0 Å². The Morgan fingerprint density at radius 1 is 0.581 bits per heavy atom. The second kappa shape index (κ2) is 17.6. The van der Waals surface area contributed by atoms with Gasteiger partial charge in [-0.3, -0.25) is 19.8 Å². The van der Waals surface area contributed by atoms with Gasteiger partial charge in [-0.05, 0) is 85.5 Å². The van der Waals surface area contributed by atoms with Gasteiger partial charge in [0.25, 0.3) is 0 Å². The van der Waals surface area contributed by atoms with Crippen LogP contribution in [-0.2, 0) is 26.2 Å². The Kier molecular flexibility index (Phi) is 12.7. The normalized spacial score (nSPS) is 16.1. The van der Waals surface area contributed by atoms with Crippen LogP contribution in [0.3, 0.4) is 0 Å². The second-order valence-corrected chi connectivity index (χ2v) is 11.4. The number of hydrogen-bond acceptors (Lipinski definition) is 7. The number of nitrogens with zero attached hydrogens (tertiary/aromatic N) is 4. The van der Waals surface area contributed by atoms with Crippen molar-refractivity contribution >= 4 is 0 Å². The van der Waals surface area contributed by atoms with E-state index in [0.29, 0.717) is 0 Å². The second-order valence-electron chi connectivity index (χ2n) is 11.4. The Hall–Kier alpha value is -3.46. The summed E-state index contributed by atoms with van der Waals surface area (Å²) >= 11 is 0.